The van der Waals surface area contributed by atoms with Crippen LogP contribution in [-0.4, -0.2) is 110 Å². The molecule has 1 unspecified atom stereocenters. The van der Waals surface area contributed by atoms with Crippen LogP contribution in [0.2, 0.25) is 0 Å². The minimum Gasteiger partial charge on any atom is -0.480 e. The number of non-ortho nitro benzene ring substituents is 1. The summed E-state index contributed by atoms with van der Waals surface area (Å²) in [5.41, 5.74) is 4.22. The number of aromatic amines is 1. The molecule has 9 N–H and O–H groups in total. The summed E-state index contributed by atoms with van der Waals surface area (Å²) in [5, 5.41) is 33.9. The average molecular weight is 894 g/mol. The maximum Gasteiger partial charge on any atom is 0.326 e. The van der Waals surface area contributed by atoms with Gasteiger partial charge in [-0.2, -0.15) is 4.98 Å². The molecule has 2 aromatic heterocycles. The Labute approximate surface area is 365 Å². The lowest BCUT2D eigenvalue weighted by Crippen LogP contribution is -2.42. The quantitative estimate of drug-likeness (QED) is 0.0269. The van der Waals surface area contributed by atoms with Crippen molar-refractivity contribution >= 4 is 58.1 Å². The van der Waals surface area contributed by atoms with E-state index in [0.29, 0.717) is 30.8 Å². The van der Waals surface area contributed by atoms with E-state index in [-0.39, 0.29) is 80.6 Å². The SMILES string of the molecule is CC(C)(CCOC(C)(C)CCC(=O)NCCNC(=O)c1cc([N+](=O)[O-])ccc1F)OCCNC(=O)CCC(NC(=O)c1ccc(NCc2cnc3nc(N)[nH]c(=O)c3n2)cc1)C(=O)O. The van der Waals surface area contributed by atoms with Crippen molar-refractivity contribution in [2.75, 3.05) is 43.9 Å². The van der Waals surface area contributed by atoms with Crippen molar-refractivity contribution in [2.24, 2.45) is 0 Å². The van der Waals surface area contributed by atoms with Gasteiger partial charge in [-0.1, -0.05) is 0 Å². The van der Waals surface area contributed by atoms with Crippen molar-refractivity contribution in [1.82, 2.24) is 41.2 Å². The number of carbonyl (C=O) groups excluding carboxylic acids is 4. The fourth-order valence-electron chi connectivity index (χ4n) is 5.86. The van der Waals surface area contributed by atoms with E-state index in [4.69, 9.17) is 15.2 Å². The van der Waals surface area contributed by atoms with Crippen molar-refractivity contribution in [2.45, 2.75) is 83.6 Å². The number of aliphatic carboxylic acids is 1. The smallest absolute Gasteiger partial charge is 0.326 e. The minimum atomic E-state index is -1.33. The number of nitrogens with two attached hydrogens (primary N) is 1. The number of nitrogens with one attached hydrogen (secondary N) is 6. The van der Waals surface area contributed by atoms with Gasteiger partial charge in [0.05, 0.1) is 53.3 Å². The Hall–Kier alpha value is -7.14. The van der Waals surface area contributed by atoms with Crippen LogP contribution in [0.1, 0.15) is 86.2 Å². The number of nitrogens with zero attached hydrogens (tertiary/aromatic N) is 4. The third kappa shape index (κ3) is 16.0. The van der Waals surface area contributed by atoms with Crippen LogP contribution in [0.5, 0.6) is 0 Å². The number of carboxylic acids is 1. The monoisotopic (exact) mass is 893 g/mol. The Morgan fingerprint density at radius 2 is 1.55 bits per heavy atom. The molecule has 4 amide bonds. The molecule has 0 aliphatic rings. The number of carbonyl (C=O) groups is 5. The van der Waals surface area contributed by atoms with Crippen molar-refractivity contribution < 1.29 is 47.9 Å². The number of rotatable bonds is 25. The molecule has 0 spiro atoms. The number of H-pyrrole nitrogens is 1. The highest BCUT2D eigenvalue weighted by Crippen LogP contribution is 2.21. The number of halogens is 1. The summed E-state index contributed by atoms with van der Waals surface area (Å²) in [6, 6.07) is 7.53. The largest absolute Gasteiger partial charge is 0.480 e. The van der Waals surface area contributed by atoms with Gasteiger partial charge in [-0.3, -0.25) is 39.1 Å². The molecule has 0 bridgehead atoms. The van der Waals surface area contributed by atoms with E-state index in [1.54, 1.807) is 12.1 Å². The fourth-order valence-corrected chi connectivity index (χ4v) is 5.86. The van der Waals surface area contributed by atoms with E-state index >= 15 is 0 Å². The van der Waals surface area contributed by atoms with Gasteiger partial charge in [-0.15, -0.1) is 0 Å². The van der Waals surface area contributed by atoms with Gasteiger partial charge in [0.1, 0.15) is 11.9 Å². The highest BCUT2D eigenvalue weighted by atomic mass is 19.1. The number of ether oxygens (including phenoxy) is 2. The van der Waals surface area contributed by atoms with E-state index in [1.807, 2.05) is 27.7 Å². The summed E-state index contributed by atoms with van der Waals surface area (Å²) in [5.74, 6) is -4.48. The maximum absolute atomic E-state index is 14.0. The Morgan fingerprint density at radius 3 is 2.25 bits per heavy atom. The number of nitrogen functional groups attached to an aromatic ring is 1. The van der Waals surface area contributed by atoms with E-state index in [1.165, 1.54) is 18.3 Å². The Kier molecular flexibility index (Phi) is 17.6. The van der Waals surface area contributed by atoms with Crippen LogP contribution < -0.4 is 37.9 Å². The predicted octanol–water partition coefficient (Wildman–Crippen LogP) is 2.34. The molecule has 22 nitrogen and oxygen atoms in total. The molecule has 4 rings (SSSR count). The van der Waals surface area contributed by atoms with Crippen LogP contribution in [-0.2, 0) is 30.4 Å². The summed E-state index contributed by atoms with van der Waals surface area (Å²) < 4.78 is 25.9. The standard InChI is InChI=1S/C41H52FN11O11/c1-40(2,14-13-32(55)44-16-17-46-36(57)28-21-27(53(61)62)9-10-29(28)42)63-19-15-41(3,4)64-20-18-45-31(54)12-11-30(38(59)60)50-35(56)24-5-7-25(8-6-24)47-22-26-23-48-34-33(49-26)37(58)52-39(43)51-34/h5-10,21,23,30,47H,11-20,22H2,1-4H3,(H,44,55)(H,45,54)(H,46,57)(H,50,56)(H,59,60)(H3,43,48,51,52,58). The fraction of sp³-hybridized carbons (Fsp3) is 0.439. The summed E-state index contributed by atoms with van der Waals surface area (Å²) in [6.07, 6.45) is 2.11. The van der Waals surface area contributed by atoms with Gasteiger partial charge >= 0.3 is 5.97 Å². The van der Waals surface area contributed by atoms with Gasteiger partial charge in [0.15, 0.2) is 11.2 Å². The summed E-state index contributed by atoms with van der Waals surface area (Å²) in [6.45, 7) is 8.24. The average Bonchev–Trinajstić information content (AvgIpc) is 3.23. The second-order valence-electron chi connectivity index (χ2n) is 15.7. The topological polar surface area (TPSA) is 325 Å². The number of nitro groups is 1. The van der Waals surface area contributed by atoms with E-state index in [2.05, 4.69) is 46.5 Å². The summed E-state index contributed by atoms with van der Waals surface area (Å²) >= 11 is 0. The lowest BCUT2D eigenvalue weighted by molar-refractivity contribution is -0.384. The number of nitro benzene ring substituents is 1. The van der Waals surface area contributed by atoms with Gasteiger partial charge in [0.25, 0.3) is 23.1 Å². The molecule has 64 heavy (non-hydrogen) atoms. The van der Waals surface area contributed by atoms with Crippen molar-refractivity contribution in [1.29, 1.82) is 0 Å². The number of anilines is 2. The van der Waals surface area contributed by atoms with Crippen molar-refractivity contribution in [3.8, 4) is 0 Å². The van der Waals surface area contributed by atoms with Crippen molar-refractivity contribution in [3.63, 3.8) is 0 Å². The highest BCUT2D eigenvalue weighted by molar-refractivity contribution is 5.97. The zero-order valence-electron chi connectivity index (χ0n) is 35.7. The Bertz CT molecular complexity index is 2380. The maximum atomic E-state index is 14.0. The first-order valence-corrected chi connectivity index (χ1v) is 20.1. The van der Waals surface area contributed by atoms with Crippen LogP contribution in [0.15, 0.2) is 53.5 Å². The second kappa shape index (κ2) is 22.8. The lowest BCUT2D eigenvalue weighted by atomic mass is 10.0. The summed E-state index contributed by atoms with van der Waals surface area (Å²) in [7, 11) is 0. The molecule has 0 radical (unpaired) electrons. The van der Waals surface area contributed by atoms with Gasteiger partial charge in [0.2, 0.25) is 17.8 Å². The first-order valence-electron chi connectivity index (χ1n) is 20.1. The lowest BCUT2D eigenvalue weighted by Gasteiger charge is -2.29. The molecule has 344 valence electrons. The number of fused-ring (bicyclic) bond motifs is 1. The zero-order valence-corrected chi connectivity index (χ0v) is 35.7. The molecule has 0 aliphatic carbocycles. The second-order valence-corrected chi connectivity index (χ2v) is 15.7. The molecular formula is C41H52FN11O11. The van der Waals surface area contributed by atoms with E-state index in [9.17, 15) is 48.4 Å². The number of carboxylic acid groups (broad SMARTS) is 1. The van der Waals surface area contributed by atoms with Crippen molar-refractivity contribution in [3.05, 3.63) is 91.8 Å². The first kappa shape index (κ1) is 49.5. The molecule has 0 aliphatic heterocycles. The predicted molar refractivity (Wildman–Crippen MR) is 230 cm³/mol. The molecule has 2 heterocycles. The molecule has 0 saturated carbocycles. The number of amides is 4. The van der Waals surface area contributed by atoms with Crippen LogP contribution in [0.25, 0.3) is 11.2 Å². The number of hydrogen-bond acceptors (Lipinski definition) is 15. The number of aromatic nitrogens is 4. The van der Waals surface area contributed by atoms with Crippen LogP contribution in [0.4, 0.5) is 21.7 Å². The third-order valence-electron chi connectivity index (χ3n) is 9.58. The number of benzene rings is 2. The van der Waals surface area contributed by atoms with Crippen LogP contribution in [0, 0.1) is 15.9 Å². The van der Waals surface area contributed by atoms with Gasteiger partial charge in [0, 0.05) is 55.9 Å². The zero-order chi connectivity index (χ0) is 47.0. The minimum absolute atomic E-state index is 0.0244. The molecule has 1 atom stereocenters. The normalized spacial score (nSPS) is 12.0. The summed E-state index contributed by atoms with van der Waals surface area (Å²) in [4.78, 5) is 98.9. The Balaban J connectivity index is 1.07. The van der Waals surface area contributed by atoms with Gasteiger partial charge in [-0.05, 0) is 77.3 Å². The molecule has 23 heteroatoms. The van der Waals surface area contributed by atoms with Gasteiger partial charge in [-0.25, -0.2) is 19.2 Å². The van der Waals surface area contributed by atoms with E-state index in [0.717, 1.165) is 18.2 Å². The highest BCUT2D eigenvalue weighted by Gasteiger charge is 2.25. The van der Waals surface area contributed by atoms with Crippen LogP contribution >= 0.6 is 0 Å². The van der Waals surface area contributed by atoms with Gasteiger partial charge < -0.3 is 46.9 Å². The third-order valence-corrected chi connectivity index (χ3v) is 9.58. The Morgan fingerprint density at radius 1 is 0.891 bits per heavy atom. The molecule has 0 fully saturated rings. The van der Waals surface area contributed by atoms with E-state index < -0.39 is 68.5 Å². The van der Waals surface area contributed by atoms with Crippen LogP contribution in [0.3, 0.4) is 0 Å². The molecule has 4 aromatic rings. The number of hydrogen-bond donors (Lipinski definition) is 8. The molecule has 0 saturated heterocycles. The molecular weight excluding hydrogens is 842 g/mol. The molecule has 2 aromatic carbocycles. The first-order chi connectivity index (χ1) is 30.2.